The van der Waals surface area contributed by atoms with Crippen molar-refractivity contribution in [3.63, 3.8) is 0 Å². The van der Waals surface area contributed by atoms with Gasteiger partial charge < -0.3 is 4.90 Å². The number of carbonyl (C=O) groups excluding carboxylic acids is 1. The number of nitrogens with zero attached hydrogens (tertiary/aromatic N) is 4. The van der Waals surface area contributed by atoms with Gasteiger partial charge in [-0.2, -0.15) is 5.10 Å². The third-order valence-electron chi connectivity index (χ3n) is 4.31. The van der Waals surface area contributed by atoms with Gasteiger partial charge in [-0.15, -0.1) is 11.3 Å². The molecule has 0 spiro atoms. The Morgan fingerprint density at radius 2 is 2.26 bits per heavy atom. The van der Waals surface area contributed by atoms with Crippen molar-refractivity contribution in [2.75, 3.05) is 13.1 Å². The molecular formula is C16H17N5OS. The van der Waals surface area contributed by atoms with Crippen LogP contribution in [0.4, 0.5) is 0 Å². The van der Waals surface area contributed by atoms with Crippen molar-refractivity contribution >= 4 is 28.4 Å². The van der Waals surface area contributed by atoms with Crippen LogP contribution in [0.3, 0.4) is 0 Å². The fourth-order valence-electron chi connectivity index (χ4n) is 3.19. The number of likely N-dealkylation sites (tertiary alicyclic amines) is 1. The monoisotopic (exact) mass is 327 g/mol. The normalized spacial score (nSPS) is 18.5. The number of hydrogen-bond acceptors (Lipinski definition) is 5. The maximum Gasteiger partial charge on any atom is 0.254 e. The number of aryl methyl sites for hydroxylation is 1. The summed E-state index contributed by atoms with van der Waals surface area (Å²) in [7, 11) is 0. The topological polar surface area (TPSA) is 74.8 Å². The summed E-state index contributed by atoms with van der Waals surface area (Å²) >= 11 is 1.62. The lowest BCUT2D eigenvalue weighted by Gasteiger charge is -2.32. The van der Waals surface area contributed by atoms with Gasteiger partial charge in [0, 0.05) is 41.7 Å². The second-order valence-electron chi connectivity index (χ2n) is 5.90. The van der Waals surface area contributed by atoms with E-state index < -0.39 is 0 Å². The van der Waals surface area contributed by atoms with E-state index in [0.717, 1.165) is 41.0 Å². The number of carbonyl (C=O) groups is 1. The SMILES string of the molecule is Cc1cc(C(=O)N2CCC[C@H](c3[nH]nc4nccnc34)C2)cs1. The summed E-state index contributed by atoms with van der Waals surface area (Å²) in [5.41, 5.74) is 3.24. The summed E-state index contributed by atoms with van der Waals surface area (Å²) in [4.78, 5) is 24.4. The largest absolute Gasteiger partial charge is 0.338 e. The van der Waals surface area contributed by atoms with Crippen molar-refractivity contribution in [1.29, 1.82) is 0 Å². The van der Waals surface area contributed by atoms with Crippen LogP contribution in [0, 0.1) is 6.92 Å². The number of nitrogens with one attached hydrogen (secondary N) is 1. The van der Waals surface area contributed by atoms with Crippen molar-refractivity contribution in [2.45, 2.75) is 25.7 Å². The lowest BCUT2D eigenvalue weighted by atomic mass is 9.94. The molecule has 1 fully saturated rings. The number of fused-ring (bicyclic) bond motifs is 1. The molecule has 3 aromatic rings. The van der Waals surface area contributed by atoms with Gasteiger partial charge in [0.25, 0.3) is 5.91 Å². The van der Waals surface area contributed by atoms with Crippen molar-refractivity contribution in [3.8, 4) is 0 Å². The predicted octanol–water partition coefficient (Wildman–Crippen LogP) is 2.74. The molecule has 7 heteroatoms. The number of H-pyrrole nitrogens is 1. The lowest BCUT2D eigenvalue weighted by molar-refractivity contribution is 0.0706. The maximum atomic E-state index is 12.7. The Balaban J connectivity index is 1.58. The Hall–Kier alpha value is -2.28. The standard InChI is InChI=1S/C16H17N5OS/c1-10-7-12(9-23-10)16(22)21-6-2-3-11(8-21)13-14-15(20-19-13)18-5-4-17-14/h4-5,7,9,11H,2-3,6,8H2,1H3,(H,18,19,20)/t11-/m0/s1. The second kappa shape index (κ2) is 5.73. The first-order valence-electron chi connectivity index (χ1n) is 7.72. The average molecular weight is 327 g/mol. The van der Waals surface area contributed by atoms with Crippen LogP contribution in [-0.2, 0) is 0 Å². The fourth-order valence-corrected chi connectivity index (χ4v) is 3.87. The maximum absolute atomic E-state index is 12.7. The van der Waals surface area contributed by atoms with Crippen LogP contribution < -0.4 is 0 Å². The highest BCUT2D eigenvalue weighted by Crippen LogP contribution is 2.30. The molecule has 1 saturated heterocycles. The van der Waals surface area contributed by atoms with Gasteiger partial charge in [0.2, 0.25) is 0 Å². The Labute approximate surface area is 137 Å². The molecule has 1 N–H and O–H groups in total. The molecule has 1 atom stereocenters. The Morgan fingerprint density at radius 1 is 1.39 bits per heavy atom. The summed E-state index contributed by atoms with van der Waals surface area (Å²) < 4.78 is 0. The highest BCUT2D eigenvalue weighted by Gasteiger charge is 2.28. The molecule has 4 rings (SSSR count). The molecule has 1 amide bonds. The summed E-state index contributed by atoms with van der Waals surface area (Å²) in [6, 6.07) is 1.97. The molecule has 1 aliphatic rings. The van der Waals surface area contributed by atoms with E-state index in [2.05, 4.69) is 20.2 Å². The fraction of sp³-hybridized carbons (Fsp3) is 0.375. The van der Waals surface area contributed by atoms with E-state index in [0.29, 0.717) is 12.2 Å². The van der Waals surface area contributed by atoms with Gasteiger partial charge in [-0.05, 0) is 25.8 Å². The minimum Gasteiger partial charge on any atom is -0.338 e. The van der Waals surface area contributed by atoms with Crippen LogP contribution in [0.15, 0.2) is 23.8 Å². The van der Waals surface area contributed by atoms with Crippen molar-refractivity contribution in [3.05, 3.63) is 40.0 Å². The molecule has 6 nitrogen and oxygen atoms in total. The second-order valence-corrected chi connectivity index (χ2v) is 7.02. The number of thiophene rings is 1. The number of aromatic nitrogens is 4. The van der Waals surface area contributed by atoms with E-state index in [4.69, 9.17) is 0 Å². The molecule has 0 aromatic carbocycles. The lowest BCUT2D eigenvalue weighted by Crippen LogP contribution is -2.39. The van der Waals surface area contributed by atoms with Crippen LogP contribution in [-0.4, -0.2) is 44.1 Å². The summed E-state index contributed by atoms with van der Waals surface area (Å²) in [5.74, 6) is 0.350. The zero-order chi connectivity index (χ0) is 15.8. The van der Waals surface area contributed by atoms with Crippen LogP contribution in [0.25, 0.3) is 11.2 Å². The highest BCUT2D eigenvalue weighted by molar-refractivity contribution is 7.10. The summed E-state index contributed by atoms with van der Waals surface area (Å²) in [6.07, 6.45) is 5.34. The van der Waals surface area contributed by atoms with Gasteiger partial charge >= 0.3 is 0 Å². The third kappa shape index (κ3) is 2.61. The average Bonchev–Trinajstić information content (AvgIpc) is 3.20. The van der Waals surface area contributed by atoms with Crippen LogP contribution in [0.2, 0.25) is 0 Å². The van der Waals surface area contributed by atoms with E-state index in [1.165, 1.54) is 0 Å². The van der Waals surface area contributed by atoms with Crippen molar-refractivity contribution in [2.24, 2.45) is 0 Å². The molecular weight excluding hydrogens is 310 g/mol. The van der Waals surface area contributed by atoms with Crippen LogP contribution >= 0.6 is 11.3 Å². The molecule has 0 aliphatic carbocycles. The van der Waals surface area contributed by atoms with Gasteiger partial charge in [0.1, 0.15) is 5.52 Å². The van der Waals surface area contributed by atoms with Crippen molar-refractivity contribution in [1.82, 2.24) is 25.1 Å². The molecule has 23 heavy (non-hydrogen) atoms. The molecule has 0 radical (unpaired) electrons. The van der Waals surface area contributed by atoms with E-state index in [-0.39, 0.29) is 11.8 Å². The van der Waals surface area contributed by atoms with E-state index in [1.54, 1.807) is 23.7 Å². The summed E-state index contributed by atoms with van der Waals surface area (Å²) in [5, 5.41) is 9.24. The summed E-state index contributed by atoms with van der Waals surface area (Å²) in [6.45, 7) is 3.53. The first-order chi connectivity index (χ1) is 11.2. The van der Waals surface area contributed by atoms with E-state index >= 15 is 0 Å². The first kappa shape index (κ1) is 14.3. The first-order valence-corrected chi connectivity index (χ1v) is 8.60. The smallest absolute Gasteiger partial charge is 0.254 e. The zero-order valence-corrected chi connectivity index (χ0v) is 13.6. The van der Waals surface area contributed by atoms with Crippen LogP contribution in [0.1, 0.15) is 39.7 Å². The molecule has 0 saturated carbocycles. The minimum atomic E-state index is 0.119. The van der Waals surface area contributed by atoms with Gasteiger partial charge in [-0.1, -0.05) is 0 Å². The van der Waals surface area contributed by atoms with Crippen LogP contribution in [0.5, 0.6) is 0 Å². The zero-order valence-electron chi connectivity index (χ0n) is 12.8. The van der Waals surface area contributed by atoms with E-state index in [9.17, 15) is 4.79 Å². The Kier molecular flexibility index (Phi) is 3.57. The van der Waals surface area contributed by atoms with Crippen molar-refractivity contribution < 1.29 is 4.79 Å². The molecule has 118 valence electrons. The Morgan fingerprint density at radius 3 is 3.09 bits per heavy atom. The van der Waals surface area contributed by atoms with Gasteiger partial charge in [0.15, 0.2) is 5.65 Å². The molecule has 1 aliphatic heterocycles. The molecule has 3 aromatic heterocycles. The number of amides is 1. The predicted molar refractivity (Wildman–Crippen MR) is 88.6 cm³/mol. The molecule has 0 unspecified atom stereocenters. The van der Waals surface area contributed by atoms with Gasteiger partial charge in [-0.3, -0.25) is 9.89 Å². The minimum absolute atomic E-state index is 0.119. The number of aromatic amines is 1. The van der Waals surface area contributed by atoms with E-state index in [1.807, 2.05) is 23.3 Å². The number of piperidine rings is 1. The quantitative estimate of drug-likeness (QED) is 0.785. The molecule has 0 bridgehead atoms. The third-order valence-corrected chi connectivity index (χ3v) is 5.17. The van der Waals surface area contributed by atoms with Gasteiger partial charge in [0.05, 0.1) is 11.3 Å². The Bertz CT molecular complexity index is 855. The number of rotatable bonds is 2. The molecule has 4 heterocycles. The van der Waals surface area contributed by atoms with Gasteiger partial charge in [-0.25, -0.2) is 9.97 Å². The highest BCUT2D eigenvalue weighted by atomic mass is 32.1. The number of hydrogen-bond donors (Lipinski definition) is 1.